The molecule has 4 heterocycles. The fraction of sp³-hybridized carbons (Fsp3) is 0.174. The summed E-state index contributed by atoms with van der Waals surface area (Å²) < 4.78 is 15.1. The van der Waals surface area contributed by atoms with Crippen molar-refractivity contribution >= 4 is 38.4 Å². The summed E-state index contributed by atoms with van der Waals surface area (Å²) in [5.74, 6) is 2.74. The average Bonchev–Trinajstić information content (AvgIpc) is 3.48. The molecule has 8 heteroatoms. The maximum Gasteiger partial charge on any atom is 0.255 e. The van der Waals surface area contributed by atoms with Crippen molar-refractivity contribution in [2.45, 2.75) is 13.3 Å². The Labute approximate surface area is 182 Å². The van der Waals surface area contributed by atoms with Gasteiger partial charge in [0.15, 0.2) is 0 Å². The number of thiophene rings is 1. The number of aromatic nitrogens is 3. The summed E-state index contributed by atoms with van der Waals surface area (Å²) in [6, 6.07) is 9.41. The zero-order chi connectivity index (χ0) is 21.5. The van der Waals surface area contributed by atoms with Gasteiger partial charge >= 0.3 is 0 Å². The van der Waals surface area contributed by atoms with E-state index in [0.717, 1.165) is 26.3 Å². The van der Waals surface area contributed by atoms with E-state index in [0.29, 0.717) is 34.8 Å². The van der Waals surface area contributed by atoms with E-state index in [1.807, 2.05) is 55.1 Å². The minimum Gasteiger partial charge on any atom is -0.460 e. The molecule has 0 bridgehead atoms. The number of carbonyl (C=O) groups excluding carboxylic acids is 1. The van der Waals surface area contributed by atoms with Crippen molar-refractivity contribution in [1.82, 2.24) is 19.9 Å². The van der Waals surface area contributed by atoms with Crippen LogP contribution in [-0.2, 0) is 13.5 Å². The zero-order valence-electron chi connectivity index (χ0n) is 17.3. The lowest BCUT2D eigenvalue weighted by atomic mass is 10.1. The van der Waals surface area contributed by atoms with Crippen LogP contribution in [0.25, 0.3) is 31.9 Å². The lowest BCUT2D eigenvalue weighted by Crippen LogP contribution is -2.18. The van der Waals surface area contributed by atoms with Gasteiger partial charge < -0.3 is 19.0 Å². The first-order chi connectivity index (χ1) is 15.1. The molecule has 0 spiro atoms. The second-order valence-electron chi connectivity index (χ2n) is 7.09. The second kappa shape index (κ2) is 7.55. The topological polar surface area (TPSA) is 82.2 Å². The fourth-order valence-corrected chi connectivity index (χ4v) is 4.75. The minimum atomic E-state index is -0.152. The number of amides is 1. The van der Waals surface area contributed by atoms with Crippen molar-refractivity contribution in [1.29, 1.82) is 0 Å². The van der Waals surface area contributed by atoms with Crippen LogP contribution in [0.3, 0.4) is 0 Å². The lowest BCUT2D eigenvalue weighted by Gasteiger charge is -2.06. The summed E-state index contributed by atoms with van der Waals surface area (Å²) in [5.41, 5.74) is 2.06. The van der Waals surface area contributed by atoms with Crippen LogP contribution < -0.4 is 10.1 Å². The van der Waals surface area contributed by atoms with Crippen molar-refractivity contribution in [3.05, 3.63) is 60.2 Å². The number of imidazole rings is 1. The first-order valence-corrected chi connectivity index (χ1v) is 10.7. The van der Waals surface area contributed by atoms with Gasteiger partial charge in [0.2, 0.25) is 0 Å². The number of pyridine rings is 1. The molecule has 7 nitrogen and oxygen atoms in total. The van der Waals surface area contributed by atoms with E-state index < -0.39 is 0 Å². The lowest BCUT2D eigenvalue weighted by molar-refractivity contribution is 0.0962. The minimum absolute atomic E-state index is 0.152. The molecule has 1 N–H and O–H groups in total. The van der Waals surface area contributed by atoms with E-state index in [2.05, 4.69) is 15.3 Å². The Hall–Kier alpha value is -3.65. The quantitative estimate of drug-likeness (QED) is 0.415. The summed E-state index contributed by atoms with van der Waals surface area (Å²) in [6.45, 7) is 1.96. The van der Waals surface area contributed by atoms with Gasteiger partial charge in [-0.05, 0) is 18.2 Å². The van der Waals surface area contributed by atoms with Crippen LogP contribution in [0.5, 0.6) is 11.5 Å². The second-order valence-corrected chi connectivity index (χ2v) is 8.14. The number of aryl methyl sites for hydroxylation is 2. The van der Waals surface area contributed by atoms with Crippen molar-refractivity contribution in [2.75, 3.05) is 7.05 Å². The molecule has 0 aliphatic heterocycles. The predicted molar refractivity (Wildman–Crippen MR) is 121 cm³/mol. The maximum atomic E-state index is 12.3. The molecular formula is C23H20N4O3S. The number of ether oxygens (including phenoxy) is 1. The molecule has 31 heavy (non-hydrogen) atoms. The molecule has 0 atom stereocenters. The highest BCUT2D eigenvalue weighted by Gasteiger charge is 2.20. The number of nitrogens with one attached hydrogen (secondary N) is 1. The first kappa shape index (κ1) is 19.3. The largest absolute Gasteiger partial charge is 0.460 e. The first-order valence-electron chi connectivity index (χ1n) is 9.90. The van der Waals surface area contributed by atoms with Gasteiger partial charge in [-0.1, -0.05) is 6.92 Å². The number of rotatable bonds is 5. The number of furan rings is 1. The standard InChI is InChI=1S/C23H20N4O3S/c1-4-16-20(23(28)24-2)14-6-5-13(11-18(14)30-16)29-17-7-8-25-15-12-19(31-21(15)17)22-26-9-10-27(22)3/h5-12H,4H2,1-3H3,(H,24,28). The van der Waals surface area contributed by atoms with Gasteiger partial charge in [-0.15, -0.1) is 11.3 Å². The molecule has 156 valence electrons. The van der Waals surface area contributed by atoms with E-state index in [9.17, 15) is 4.79 Å². The van der Waals surface area contributed by atoms with E-state index in [-0.39, 0.29) is 5.91 Å². The molecule has 0 aliphatic carbocycles. The highest BCUT2D eigenvalue weighted by Crippen LogP contribution is 2.39. The normalized spacial score (nSPS) is 11.3. The van der Waals surface area contributed by atoms with E-state index in [4.69, 9.17) is 9.15 Å². The molecule has 1 amide bonds. The third-order valence-corrected chi connectivity index (χ3v) is 6.29. The smallest absolute Gasteiger partial charge is 0.255 e. The predicted octanol–water partition coefficient (Wildman–Crippen LogP) is 5.16. The van der Waals surface area contributed by atoms with Crippen LogP contribution in [0.1, 0.15) is 23.0 Å². The zero-order valence-corrected chi connectivity index (χ0v) is 18.1. The molecule has 5 rings (SSSR count). The molecule has 0 saturated heterocycles. The highest BCUT2D eigenvalue weighted by atomic mass is 32.1. The molecule has 5 aromatic rings. The highest BCUT2D eigenvalue weighted by molar-refractivity contribution is 7.22. The number of nitrogens with zero attached hydrogens (tertiary/aromatic N) is 3. The van der Waals surface area contributed by atoms with E-state index >= 15 is 0 Å². The Kier molecular flexibility index (Phi) is 4.71. The van der Waals surface area contributed by atoms with Gasteiger partial charge in [-0.25, -0.2) is 4.98 Å². The monoisotopic (exact) mass is 432 g/mol. The number of benzene rings is 1. The number of carbonyl (C=O) groups is 1. The molecule has 0 fully saturated rings. The van der Waals surface area contributed by atoms with Crippen molar-refractivity contribution in [2.24, 2.45) is 7.05 Å². The van der Waals surface area contributed by atoms with Crippen LogP contribution in [0.2, 0.25) is 0 Å². The Balaban J connectivity index is 1.54. The number of hydrogen-bond acceptors (Lipinski definition) is 6. The van der Waals surface area contributed by atoms with Crippen LogP contribution in [0, 0.1) is 0 Å². The summed E-state index contributed by atoms with van der Waals surface area (Å²) >= 11 is 1.59. The van der Waals surface area contributed by atoms with Gasteiger partial charge in [-0.2, -0.15) is 0 Å². The van der Waals surface area contributed by atoms with Gasteiger partial charge in [0.1, 0.15) is 28.7 Å². The van der Waals surface area contributed by atoms with E-state index in [1.54, 1.807) is 30.8 Å². The summed E-state index contributed by atoms with van der Waals surface area (Å²) in [7, 11) is 3.58. The maximum absolute atomic E-state index is 12.3. The fourth-order valence-electron chi connectivity index (χ4n) is 3.65. The molecule has 4 aromatic heterocycles. The number of fused-ring (bicyclic) bond motifs is 2. The van der Waals surface area contributed by atoms with Crippen LogP contribution in [0.4, 0.5) is 0 Å². The Morgan fingerprint density at radius 3 is 2.84 bits per heavy atom. The van der Waals surface area contributed by atoms with Crippen molar-refractivity contribution < 1.29 is 13.9 Å². The van der Waals surface area contributed by atoms with Crippen LogP contribution in [-0.4, -0.2) is 27.5 Å². The summed E-state index contributed by atoms with van der Waals surface area (Å²) in [4.78, 5) is 22.2. The van der Waals surface area contributed by atoms with Crippen molar-refractivity contribution in [3.63, 3.8) is 0 Å². The SMILES string of the molecule is CCc1oc2cc(Oc3ccnc4cc(-c5nccn5C)sc34)ccc2c1C(=O)NC. The molecule has 0 unspecified atom stereocenters. The van der Waals surface area contributed by atoms with E-state index in [1.165, 1.54) is 0 Å². The van der Waals surface area contributed by atoms with Gasteiger partial charge in [-0.3, -0.25) is 9.78 Å². The van der Waals surface area contributed by atoms with Gasteiger partial charge in [0.25, 0.3) is 5.91 Å². The Bertz CT molecular complexity index is 1430. The Morgan fingerprint density at radius 2 is 2.10 bits per heavy atom. The van der Waals surface area contributed by atoms with Crippen LogP contribution >= 0.6 is 11.3 Å². The summed E-state index contributed by atoms with van der Waals surface area (Å²) in [5, 5.41) is 3.46. The van der Waals surface area contributed by atoms with Crippen LogP contribution in [0.15, 0.2) is 53.3 Å². The average molecular weight is 433 g/mol. The third-order valence-electron chi connectivity index (χ3n) is 5.15. The Morgan fingerprint density at radius 1 is 1.23 bits per heavy atom. The van der Waals surface area contributed by atoms with Gasteiger partial charge in [0, 0.05) is 56.6 Å². The summed E-state index contributed by atoms with van der Waals surface area (Å²) in [6.07, 6.45) is 6.06. The molecule has 1 aromatic carbocycles. The third kappa shape index (κ3) is 3.25. The van der Waals surface area contributed by atoms with Crippen molar-refractivity contribution in [3.8, 4) is 22.2 Å². The van der Waals surface area contributed by atoms with Gasteiger partial charge in [0.05, 0.1) is 20.7 Å². The molecule has 0 saturated carbocycles. The molecule has 0 radical (unpaired) electrons. The number of hydrogen-bond donors (Lipinski definition) is 1. The molecular weight excluding hydrogens is 412 g/mol. The molecule has 0 aliphatic rings.